The first-order valence-corrected chi connectivity index (χ1v) is 9.52. The van der Waals surface area contributed by atoms with Gasteiger partial charge in [-0.15, -0.1) is 0 Å². The van der Waals surface area contributed by atoms with Crippen LogP contribution < -0.4 is 4.90 Å². The quantitative estimate of drug-likeness (QED) is 0.601. The molecule has 4 nitrogen and oxygen atoms in total. The van der Waals surface area contributed by atoms with Gasteiger partial charge in [0.2, 0.25) is 0 Å². The molecule has 140 valence electrons. The highest BCUT2D eigenvalue weighted by atomic mass is 32.2. The van der Waals surface area contributed by atoms with Crippen LogP contribution in [-0.2, 0) is 20.7 Å². The van der Waals surface area contributed by atoms with Crippen LogP contribution in [0, 0.1) is 5.82 Å². The molecule has 0 unspecified atom stereocenters. The summed E-state index contributed by atoms with van der Waals surface area (Å²) in [6.07, 6.45) is -0.0173. The molecule has 0 saturated heterocycles. The molecule has 1 heterocycles. The Morgan fingerprint density at radius 1 is 0.857 bits per heavy atom. The number of halogens is 1. The molecule has 0 atom stereocenters. The van der Waals surface area contributed by atoms with Crippen LogP contribution >= 0.6 is 11.8 Å². The zero-order chi connectivity index (χ0) is 19.5. The second kappa shape index (κ2) is 7.86. The van der Waals surface area contributed by atoms with E-state index in [0.717, 1.165) is 21.2 Å². The van der Waals surface area contributed by atoms with Crippen molar-refractivity contribution in [2.24, 2.45) is 0 Å². The van der Waals surface area contributed by atoms with Gasteiger partial charge in [0.05, 0.1) is 17.8 Å². The van der Waals surface area contributed by atoms with E-state index in [2.05, 4.69) is 0 Å². The number of rotatable bonds is 4. The van der Waals surface area contributed by atoms with Crippen LogP contribution in [0.5, 0.6) is 0 Å². The fraction of sp³-hybridized carbons (Fsp3) is 0.0909. The lowest BCUT2D eigenvalue weighted by atomic mass is 10.1. The number of amides is 1. The summed E-state index contributed by atoms with van der Waals surface area (Å²) in [7, 11) is 0. The fourth-order valence-corrected chi connectivity index (χ4v) is 4.06. The van der Waals surface area contributed by atoms with E-state index in [0.29, 0.717) is 5.56 Å². The topological polar surface area (TPSA) is 46.6 Å². The van der Waals surface area contributed by atoms with E-state index >= 15 is 0 Å². The molecule has 3 aromatic rings. The molecule has 1 amide bonds. The van der Waals surface area contributed by atoms with Crippen LogP contribution in [-0.4, -0.2) is 18.5 Å². The molecule has 28 heavy (non-hydrogen) atoms. The van der Waals surface area contributed by atoms with Gasteiger partial charge in [-0.25, -0.2) is 4.39 Å². The highest BCUT2D eigenvalue weighted by molar-refractivity contribution is 7.99. The van der Waals surface area contributed by atoms with Gasteiger partial charge in [0.1, 0.15) is 5.82 Å². The maximum Gasteiger partial charge on any atom is 0.310 e. The number of esters is 1. The van der Waals surface area contributed by atoms with Gasteiger partial charge >= 0.3 is 5.97 Å². The van der Waals surface area contributed by atoms with Gasteiger partial charge in [-0.1, -0.05) is 48.2 Å². The van der Waals surface area contributed by atoms with E-state index in [9.17, 15) is 14.0 Å². The van der Waals surface area contributed by atoms with Gasteiger partial charge in [0.25, 0.3) is 5.91 Å². The summed E-state index contributed by atoms with van der Waals surface area (Å²) in [5.74, 6) is -1.23. The molecule has 0 radical (unpaired) electrons. The van der Waals surface area contributed by atoms with Crippen LogP contribution in [0.4, 0.5) is 15.8 Å². The van der Waals surface area contributed by atoms with Gasteiger partial charge in [-0.05, 0) is 42.0 Å². The monoisotopic (exact) mass is 393 g/mol. The summed E-state index contributed by atoms with van der Waals surface area (Å²) in [6, 6.07) is 20.8. The number of nitrogens with zero attached hydrogens (tertiary/aromatic N) is 1. The van der Waals surface area contributed by atoms with Crippen molar-refractivity contribution >= 4 is 35.0 Å². The van der Waals surface area contributed by atoms with E-state index in [4.69, 9.17) is 4.74 Å². The number of hydrogen-bond acceptors (Lipinski definition) is 4. The van der Waals surface area contributed by atoms with Gasteiger partial charge in [0.15, 0.2) is 6.61 Å². The highest BCUT2D eigenvalue weighted by Gasteiger charge is 2.28. The maximum atomic E-state index is 13.0. The lowest BCUT2D eigenvalue weighted by Crippen LogP contribution is -2.32. The van der Waals surface area contributed by atoms with Crippen molar-refractivity contribution in [2.45, 2.75) is 16.2 Å². The first kappa shape index (κ1) is 18.3. The summed E-state index contributed by atoms with van der Waals surface area (Å²) in [4.78, 5) is 28.5. The molecule has 3 aromatic carbocycles. The minimum Gasteiger partial charge on any atom is -0.455 e. The van der Waals surface area contributed by atoms with Crippen molar-refractivity contribution in [2.75, 3.05) is 11.5 Å². The van der Waals surface area contributed by atoms with Crippen LogP contribution in [0.3, 0.4) is 0 Å². The third kappa shape index (κ3) is 3.77. The third-order valence-electron chi connectivity index (χ3n) is 4.30. The molecule has 0 aromatic heterocycles. The van der Waals surface area contributed by atoms with E-state index in [1.54, 1.807) is 16.7 Å². The first-order valence-electron chi connectivity index (χ1n) is 8.71. The second-order valence-corrected chi connectivity index (χ2v) is 7.31. The normalized spacial score (nSPS) is 12.1. The second-order valence-electron chi connectivity index (χ2n) is 6.23. The van der Waals surface area contributed by atoms with Crippen molar-refractivity contribution in [1.82, 2.24) is 0 Å². The number of fused-ring (bicyclic) bond motifs is 2. The Hall–Kier alpha value is -3.12. The van der Waals surface area contributed by atoms with E-state index < -0.39 is 5.97 Å². The van der Waals surface area contributed by atoms with E-state index in [1.807, 2.05) is 48.5 Å². The van der Waals surface area contributed by atoms with Crippen LogP contribution in [0.15, 0.2) is 82.6 Å². The van der Waals surface area contributed by atoms with Gasteiger partial charge < -0.3 is 4.74 Å². The smallest absolute Gasteiger partial charge is 0.310 e. The maximum absolute atomic E-state index is 13.0. The van der Waals surface area contributed by atoms with E-state index in [-0.39, 0.29) is 24.8 Å². The number of carbonyl (C=O) groups is 2. The average Bonchev–Trinajstić information content (AvgIpc) is 2.72. The molecule has 0 aliphatic carbocycles. The van der Waals surface area contributed by atoms with E-state index in [1.165, 1.54) is 24.3 Å². The van der Waals surface area contributed by atoms with Gasteiger partial charge in [0, 0.05) is 9.79 Å². The zero-order valence-corrected chi connectivity index (χ0v) is 15.6. The number of para-hydroxylation sites is 2. The SMILES string of the molecule is O=C(Cc1ccc(F)cc1)OCC(=O)N1c2ccccc2Sc2ccccc21. The summed E-state index contributed by atoms with van der Waals surface area (Å²) in [6.45, 7) is -0.368. The molecule has 0 spiro atoms. The van der Waals surface area contributed by atoms with Crippen molar-refractivity contribution in [3.05, 3.63) is 84.2 Å². The number of carbonyl (C=O) groups excluding carboxylic acids is 2. The predicted molar refractivity (Wildman–Crippen MR) is 105 cm³/mol. The van der Waals surface area contributed by atoms with Crippen LogP contribution in [0.25, 0.3) is 0 Å². The Morgan fingerprint density at radius 2 is 1.43 bits per heavy atom. The predicted octanol–water partition coefficient (Wildman–Crippen LogP) is 4.74. The Morgan fingerprint density at radius 3 is 2.04 bits per heavy atom. The van der Waals surface area contributed by atoms with Crippen molar-refractivity contribution < 1.29 is 18.7 Å². The highest BCUT2D eigenvalue weighted by Crippen LogP contribution is 2.47. The first-order chi connectivity index (χ1) is 13.6. The summed E-state index contributed by atoms with van der Waals surface area (Å²) < 4.78 is 18.1. The summed E-state index contributed by atoms with van der Waals surface area (Å²) in [5.41, 5.74) is 2.17. The Labute approximate surface area is 165 Å². The Bertz CT molecular complexity index is 990. The molecular formula is C22H16FNO3S. The Balaban J connectivity index is 1.49. The summed E-state index contributed by atoms with van der Waals surface area (Å²) in [5, 5.41) is 0. The Kier molecular flexibility index (Phi) is 5.12. The van der Waals surface area contributed by atoms with Crippen molar-refractivity contribution in [3.8, 4) is 0 Å². The molecule has 1 aliphatic rings. The molecule has 1 aliphatic heterocycles. The minimum atomic E-state index is -0.534. The number of benzene rings is 3. The standard InChI is InChI=1S/C22H16FNO3S/c23-16-11-9-15(10-12-16)13-22(26)27-14-21(25)24-17-5-1-3-7-19(17)28-20-8-4-2-6-18(20)24/h1-12H,13-14H2. The summed E-state index contributed by atoms with van der Waals surface area (Å²) >= 11 is 1.60. The minimum absolute atomic E-state index is 0.0173. The lowest BCUT2D eigenvalue weighted by Gasteiger charge is -2.30. The van der Waals surface area contributed by atoms with Crippen LogP contribution in [0.1, 0.15) is 5.56 Å². The lowest BCUT2D eigenvalue weighted by molar-refractivity contribution is -0.147. The zero-order valence-electron chi connectivity index (χ0n) is 14.8. The van der Waals surface area contributed by atoms with Gasteiger partial charge in [-0.2, -0.15) is 0 Å². The molecule has 0 saturated carbocycles. The number of hydrogen-bond donors (Lipinski definition) is 0. The van der Waals surface area contributed by atoms with Crippen molar-refractivity contribution in [3.63, 3.8) is 0 Å². The molecule has 4 rings (SSSR count). The number of ether oxygens (including phenoxy) is 1. The molecule has 0 bridgehead atoms. The molecule has 0 N–H and O–H groups in total. The van der Waals surface area contributed by atoms with Gasteiger partial charge in [-0.3, -0.25) is 14.5 Å². The number of anilines is 2. The largest absolute Gasteiger partial charge is 0.455 e. The average molecular weight is 393 g/mol. The molecule has 0 fully saturated rings. The fourth-order valence-electron chi connectivity index (χ4n) is 3.00. The third-order valence-corrected chi connectivity index (χ3v) is 5.43. The van der Waals surface area contributed by atoms with Crippen molar-refractivity contribution in [1.29, 1.82) is 0 Å². The molecular weight excluding hydrogens is 377 g/mol. The molecule has 6 heteroatoms. The van der Waals surface area contributed by atoms with Crippen LogP contribution in [0.2, 0.25) is 0 Å².